The van der Waals surface area contributed by atoms with Crippen molar-refractivity contribution in [1.29, 1.82) is 0 Å². The molecule has 25 heavy (non-hydrogen) atoms. The lowest BCUT2D eigenvalue weighted by molar-refractivity contribution is -0.122. The van der Waals surface area contributed by atoms with Crippen molar-refractivity contribution < 1.29 is 14.0 Å². The van der Waals surface area contributed by atoms with Gasteiger partial charge in [-0.3, -0.25) is 25.3 Å². The molecule has 0 spiro atoms. The Labute approximate surface area is 145 Å². The minimum absolute atomic E-state index is 0.143. The second kappa shape index (κ2) is 7.63. The van der Waals surface area contributed by atoms with Crippen LogP contribution < -0.4 is 10.9 Å². The maximum Gasteiger partial charge on any atom is 0.305 e. The third kappa shape index (κ3) is 4.45. The van der Waals surface area contributed by atoms with E-state index in [0.29, 0.717) is 6.54 Å². The van der Waals surface area contributed by atoms with Gasteiger partial charge in [-0.15, -0.1) is 0 Å². The molecule has 0 aliphatic heterocycles. The average molecular weight is 337 g/mol. The van der Waals surface area contributed by atoms with Crippen LogP contribution in [0.2, 0.25) is 0 Å². The van der Waals surface area contributed by atoms with Gasteiger partial charge in [0.25, 0.3) is 5.91 Å². The molecular weight excluding hydrogens is 318 g/mol. The fraction of sp³-hybridized carbons (Fsp3) is 0.158. The van der Waals surface area contributed by atoms with E-state index in [-0.39, 0.29) is 18.2 Å². The van der Waals surface area contributed by atoms with Crippen molar-refractivity contribution in [2.45, 2.75) is 6.54 Å². The Morgan fingerprint density at radius 2 is 1.80 bits per heavy atom. The van der Waals surface area contributed by atoms with Crippen LogP contribution in [-0.4, -0.2) is 30.3 Å². The molecule has 6 nitrogen and oxygen atoms in total. The smallest absolute Gasteiger partial charge is 0.305 e. The Bertz CT molecular complexity index is 875. The van der Waals surface area contributed by atoms with E-state index in [9.17, 15) is 9.59 Å². The normalized spacial score (nSPS) is 10.8. The summed E-state index contributed by atoms with van der Waals surface area (Å²) in [6.07, 6.45) is 1.40. The zero-order chi connectivity index (χ0) is 17.6. The first kappa shape index (κ1) is 16.7. The van der Waals surface area contributed by atoms with Crippen molar-refractivity contribution in [3.8, 4) is 0 Å². The van der Waals surface area contributed by atoms with E-state index in [0.717, 1.165) is 5.56 Å². The van der Waals surface area contributed by atoms with Crippen LogP contribution in [0.1, 0.15) is 16.1 Å². The standard InChI is InChI=1S/C19H19N3O3/c1-22(12-14-8-9-15-5-2-3-6-16(15)11-14)13-18(23)20-21-19(24)17-7-4-10-25-17/h2-11H,12-13H2,1H3,(H,20,23)(H,21,24). The second-order valence-corrected chi connectivity index (χ2v) is 5.83. The summed E-state index contributed by atoms with van der Waals surface area (Å²) in [5, 5.41) is 2.36. The van der Waals surface area contributed by atoms with Crippen molar-refractivity contribution in [2.75, 3.05) is 13.6 Å². The molecule has 3 rings (SSSR count). The number of hydrogen-bond donors (Lipinski definition) is 2. The summed E-state index contributed by atoms with van der Waals surface area (Å²) < 4.78 is 4.95. The third-order valence-corrected chi connectivity index (χ3v) is 3.74. The van der Waals surface area contributed by atoms with Gasteiger partial charge in [0.05, 0.1) is 12.8 Å². The molecule has 1 heterocycles. The number of benzene rings is 2. The Kier molecular flexibility index (Phi) is 5.11. The summed E-state index contributed by atoms with van der Waals surface area (Å²) in [6, 6.07) is 17.5. The number of amides is 2. The van der Waals surface area contributed by atoms with Gasteiger partial charge < -0.3 is 4.42 Å². The lowest BCUT2D eigenvalue weighted by atomic mass is 10.1. The van der Waals surface area contributed by atoms with Crippen LogP contribution in [0.5, 0.6) is 0 Å². The van der Waals surface area contributed by atoms with Gasteiger partial charge in [0.1, 0.15) is 0 Å². The van der Waals surface area contributed by atoms with E-state index >= 15 is 0 Å². The SMILES string of the molecule is CN(CC(=O)NNC(=O)c1ccco1)Cc1ccc2ccccc2c1. The number of carbonyl (C=O) groups is 2. The molecule has 0 fully saturated rings. The van der Waals surface area contributed by atoms with Gasteiger partial charge in [0.2, 0.25) is 0 Å². The Morgan fingerprint density at radius 1 is 1.00 bits per heavy atom. The minimum Gasteiger partial charge on any atom is -0.459 e. The molecule has 0 aliphatic carbocycles. The number of hydrazine groups is 1. The molecular formula is C19H19N3O3. The average Bonchev–Trinajstić information content (AvgIpc) is 3.14. The molecule has 0 saturated carbocycles. The van der Waals surface area contributed by atoms with Gasteiger partial charge in [-0.25, -0.2) is 0 Å². The summed E-state index contributed by atoms with van der Waals surface area (Å²) in [4.78, 5) is 25.5. The summed E-state index contributed by atoms with van der Waals surface area (Å²) in [7, 11) is 1.85. The maximum absolute atomic E-state index is 11.9. The van der Waals surface area contributed by atoms with Gasteiger partial charge in [-0.1, -0.05) is 36.4 Å². The molecule has 1 aromatic heterocycles. The fourth-order valence-electron chi connectivity index (χ4n) is 2.59. The van der Waals surface area contributed by atoms with Gasteiger partial charge in [-0.2, -0.15) is 0 Å². The maximum atomic E-state index is 11.9. The number of rotatable bonds is 5. The zero-order valence-corrected chi connectivity index (χ0v) is 13.9. The molecule has 2 aromatic carbocycles. The van der Waals surface area contributed by atoms with Crippen LogP contribution in [0.3, 0.4) is 0 Å². The summed E-state index contributed by atoms with van der Waals surface area (Å²) in [5.41, 5.74) is 5.82. The molecule has 0 bridgehead atoms. The van der Waals surface area contributed by atoms with Crippen molar-refractivity contribution in [3.63, 3.8) is 0 Å². The molecule has 0 unspecified atom stereocenters. The fourth-order valence-corrected chi connectivity index (χ4v) is 2.59. The molecule has 0 radical (unpaired) electrons. The van der Waals surface area contributed by atoms with E-state index < -0.39 is 5.91 Å². The predicted molar refractivity (Wildman–Crippen MR) is 94.6 cm³/mol. The van der Waals surface area contributed by atoms with Crippen molar-refractivity contribution in [2.24, 2.45) is 0 Å². The number of hydrogen-bond acceptors (Lipinski definition) is 4. The van der Waals surface area contributed by atoms with Gasteiger partial charge in [0.15, 0.2) is 5.76 Å². The van der Waals surface area contributed by atoms with Crippen LogP contribution in [0.4, 0.5) is 0 Å². The first-order valence-electron chi connectivity index (χ1n) is 7.91. The monoisotopic (exact) mass is 337 g/mol. The summed E-state index contributed by atoms with van der Waals surface area (Å²) >= 11 is 0. The highest BCUT2D eigenvalue weighted by molar-refractivity contribution is 5.93. The van der Waals surface area contributed by atoms with Gasteiger partial charge in [-0.05, 0) is 41.6 Å². The van der Waals surface area contributed by atoms with Gasteiger partial charge >= 0.3 is 5.91 Å². The molecule has 128 valence electrons. The molecule has 6 heteroatoms. The number of nitrogens with zero attached hydrogens (tertiary/aromatic N) is 1. The van der Waals surface area contributed by atoms with E-state index in [4.69, 9.17) is 4.42 Å². The van der Waals surface area contributed by atoms with Crippen molar-refractivity contribution in [3.05, 3.63) is 72.2 Å². The quantitative estimate of drug-likeness (QED) is 0.701. The predicted octanol–water partition coefficient (Wildman–Crippen LogP) is 2.33. The number of furan rings is 1. The lowest BCUT2D eigenvalue weighted by Crippen LogP contribution is -2.45. The minimum atomic E-state index is -0.490. The molecule has 2 amide bonds. The summed E-state index contributed by atoms with van der Waals surface area (Å²) in [6.45, 7) is 0.787. The number of fused-ring (bicyclic) bond motifs is 1. The van der Waals surface area contributed by atoms with E-state index in [2.05, 4.69) is 41.2 Å². The number of likely N-dealkylation sites (N-methyl/N-ethyl adjacent to an activating group) is 1. The van der Waals surface area contributed by atoms with E-state index in [1.165, 1.54) is 23.1 Å². The molecule has 0 aliphatic rings. The highest BCUT2D eigenvalue weighted by atomic mass is 16.3. The first-order chi connectivity index (χ1) is 12.1. The molecule has 0 atom stereocenters. The Morgan fingerprint density at radius 3 is 2.56 bits per heavy atom. The molecule has 3 aromatic rings. The van der Waals surface area contributed by atoms with Crippen molar-refractivity contribution in [1.82, 2.24) is 15.8 Å². The Balaban J connectivity index is 1.50. The highest BCUT2D eigenvalue weighted by Gasteiger charge is 2.11. The first-order valence-corrected chi connectivity index (χ1v) is 7.91. The van der Waals surface area contributed by atoms with Crippen LogP contribution in [0.25, 0.3) is 10.8 Å². The lowest BCUT2D eigenvalue weighted by Gasteiger charge is -2.16. The van der Waals surface area contributed by atoms with Crippen LogP contribution in [0.15, 0.2) is 65.3 Å². The van der Waals surface area contributed by atoms with E-state index in [1.54, 1.807) is 6.07 Å². The van der Waals surface area contributed by atoms with Crippen LogP contribution in [-0.2, 0) is 11.3 Å². The summed E-state index contributed by atoms with van der Waals surface area (Å²) in [5.74, 6) is -0.649. The zero-order valence-electron chi connectivity index (χ0n) is 13.9. The Hall–Kier alpha value is -3.12. The van der Waals surface area contributed by atoms with Crippen LogP contribution in [0, 0.1) is 0 Å². The largest absolute Gasteiger partial charge is 0.459 e. The topological polar surface area (TPSA) is 74.6 Å². The molecule has 0 saturated heterocycles. The third-order valence-electron chi connectivity index (χ3n) is 3.74. The van der Waals surface area contributed by atoms with E-state index in [1.807, 2.05) is 24.1 Å². The highest BCUT2D eigenvalue weighted by Crippen LogP contribution is 2.16. The van der Waals surface area contributed by atoms with Crippen molar-refractivity contribution >= 4 is 22.6 Å². The number of nitrogens with one attached hydrogen (secondary N) is 2. The second-order valence-electron chi connectivity index (χ2n) is 5.83. The van der Waals surface area contributed by atoms with Crippen LogP contribution >= 0.6 is 0 Å². The molecule has 2 N–H and O–H groups in total. The van der Waals surface area contributed by atoms with Gasteiger partial charge in [0, 0.05) is 6.54 Å². The number of carbonyl (C=O) groups excluding carboxylic acids is 2.